The summed E-state index contributed by atoms with van der Waals surface area (Å²) in [6.07, 6.45) is 0.392. The zero-order chi connectivity index (χ0) is 10.5. The maximum atomic E-state index is 11.4. The number of hydrogen-bond acceptors (Lipinski definition) is 3. The van der Waals surface area contributed by atoms with Crippen molar-refractivity contribution in [2.45, 2.75) is 38.8 Å². The van der Waals surface area contributed by atoms with Crippen LogP contribution in [0, 0.1) is 0 Å². The van der Waals surface area contributed by atoms with Crippen LogP contribution in [0.25, 0.3) is 0 Å². The van der Waals surface area contributed by atoms with Crippen molar-refractivity contribution in [2.75, 3.05) is 13.7 Å². The second-order valence-electron chi connectivity index (χ2n) is 3.49. The van der Waals surface area contributed by atoms with Gasteiger partial charge in [-0.3, -0.25) is 4.79 Å². The van der Waals surface area contributed by atoms with Gasteiger partial charge >= 0.3 is 0 Å². The molecule has 0 aliphatic carbocycles. The van der Waals surface area contributed by atoms with Crippen molar-refractivity contribution >= 4 is 5.91 Å². The predicted octanol–water partition coefficient (Wildman–Crippen LogP) is 0.265. The van der Waals surface area contributed by atoms with Gasteiger partial charge in [0.25, 0.3) is 0 Å². The average molecular weight is 188 g/mol. The Kier molecular flexibility index (Phi) is 4.95. The van der Waals surface area contributed by atoms with Gasteiger partial charge in [0, 0.05) is 19.2 Å². The van der Waals surface area contributed by atoms with E-state index in [4.69, 9.17) is 10.5 Å². The lowest BCUT2D eigenvalue weighted by Gasteiger charge is -2.29. The number of ether oxygens (including phenoxy) is 1. The molecule has 2 unspecified atom stereocenters. The van der Waals surface area contributed by atoms with Gasteiger partial charge in [0.15, 0.2) is 0 Å². The highest BCUT2D eigenvalue weighted by molar-refractivity contribution is 5.81. The summed E-state index contributed by atoms with van der Waals surface area (Å²) in [6, 6.07) is 0. The molecule has 0 aliphatic rings. The number of amides is 1. The van der Waals surface area contributed by atoms with E-state index in [0.29, 0.717) is 6.54 Å². The van der Waals surface area contributed by atoms with Gasteiger partial charge in [0.2, 0.25) is 5.91 Å². The first-order chi connectivity index (χ1) is 5.99. The van der Waals surface area contributed by atoms with Crippen molar-refractivity contribution < 1.29 is 9.53 Å². The van der Waals surface area contributed by atoms with Gasteiger partial charge in [-0.25, -0.2) is 0 Å². The van der Waals surface area contributed by atoms with Crippen molar-refractivity contribution in [3.63, 3.8) is 0 Å². The zero-order valence-corrected chi connectivity index (χ0v) is 8.89. The average Bonchev–Trinajstić information content (AvgIpc) is 2.16. The highest BCUT2D eigenvalue weighted by Gasteiger charge is 2.24. The Bertz CT molecular complexity index is 167. The van der Waals surface area contributed by atoms with Gasteiger partial charge in [-0.1, -0.05) is 6.92 Å². The normalized spacial score (nSPS) is 17.6. The van der Waals surface area contributed by atoms with Gasteiger partial charge in [-0.15, -0.1) is 0 Å². The monoisotopic (exact) mass is 188 g/mol. The van der Waals surface area contributed by atoms with Crippen molar-refractivity contribution in [3.8, 4) is 0 Å². The summed E-state index contributed by atoms with van der Waals surface area (Å²) in [5.74, 6) is -0.114. The summed E-state index contributed by atoms with van der Waals surface area (Å²) in [7, 11) is 1.51. The smallest absolute Gasteiger partial charge is 0.249 e. The molecular weight excluding hydrogens is 168 g/mol. The number of carbonyl (C=O) groups excluding carboxylic acids is 1. The molecule has 0 aromatic heterocycles. The maximum absolute atomic E-state index is 11.4. The molecule has 78 valence electrons. The molecule has 0 aromatic rings. The summed E-state index contributed by atoms with van der Waals surface area (Å²) in [5, 5.41) is 2.85. The summed E-state index contributed by atoms with van der Waals surface area (Å²) >= 11 is 0. The lowest BCUT2D eigenvalue weighted by molar-refractivity contribution is -0.131. The van der Waals surface area contributed by atoms with Crippen LogP contribution in [0.1, 0.15) is 27.2 Å². The van der Waals surface area contributed by atoms with Crippen LogP contribution in [0.5, 0.6) is 0 Å². The molecule has 4 nitrogen and oxygen atoms in total. The van der Waals surface area contributed by atoms with E-state index in [0.717, 1.165) is 6.42 Å². The molecule has 0 aromatic carbocycles. The molecule has 3 N–H and O–H groups in total. The Morgan fingerprint density at radius 1 is 1.69 bits per heavy atom. The molecule has 0 radical (unpaired) electrons. The summed E-state index contributed by atoms with van der Waals surface area (Å²) in [6.45, 7) is 6.06. The van der Waals surface area contributed by atoms with Gasteiger partial charge in [0.1, 0.15) is 6.10 Å². The molecular formula is C9H20N2O2. The molecule has 0 aliphatic heterocycles. The fourth-order valence-electron chi connectivity index (χ4n) is 0.790. The number of rotatable bonds is 5. The summed E-state index contributed by atoms with van der Waals surface area (Å²) < 4.78 is 4.89. The lowest BCUT2D eigenvalue weighted by atomic mass is 9.99. The molecule has 4 heteroatoms. The molecule has 0 saturated heterocycles. The highest BCUT2D eigenvalue weighted by atomic mass is 16.5. The van der Waals surface area contributed by atoms with Crippen LogP contribution in [0.3, 0.4) is 0 Å². The predicted molar refractivity (Wildman–Crippen MR) is 52.4 cm³/mol. The Labute approximate surface area is 79.8 Å². The largest absolute Gasteiger partial charge is 0.372 e. The minimum Gasteiger partial charge on any atom is -0.372 e. The van der Waals surface area contributed by atoms with Crippen LogP contribution < -0.4 is 11.1 Å². The zero-order valence-electron chi connectivity index (χ0n) is 8.89. The molecule has 0 saturated carbocycles. The molecule has 13 heavy (non-hydrogen) atoms. The third-order valence-corrected chi connectivity index (χ3v) is 2.38. The molecule has 0 bridgehead atoms. The quantitative estimate of drug-likeness (QED) is 0.650. The number of carbonyl (C=O) groups is 1. The van der Waals surface area contributed by atoms with E-state index in [2.05, 4.69) is 5.32 Å². The van der Waals surface area contributed by atoms with Gasteiger partial charge in [-0.05, 0) is 20.3 Å². The SMILES string of the molecule is CCC(C)(CN)NC(=O)C(C)OC. The minimum absolute atomic E-state index is 0.114. The van der Waals surface area contributed by atoms with Crippen molar-refractivity contribution in [2.24, 2.45) is 5.73 Å². The van der Waals surface area contributed by atoms with E-state index in [9.17, 15) is 4.79 Å². The van der Waals surface area contributed by atoms with Crippen LogP contribution >= 0.6 is 0 Å². The van der Waals surface area contributed by atoms with E-state index in [-0.39, 0.29) is 11.4 Å². The van der Waals surface area contributed by atoms with Crippen molar-refractivity contribution in [3.05, 3.63) is 0 Å². The van der Waals surface area contributed by atoms with E-state index >= 15 is 0 Å². The fraction of sp³-hybridized carbons (Fsp3) is 0.889. The minimum atomic E-state index is -0.419. The molecule has 0 heterocycles. The molecule has 0 fully saturated rings. The molecule has 0 rings (SSSR count). The molecule has 2 atom stereocenters. The van der Waals surface area contributed by atoms with Crippen LogP contribution in [-0.2, 0) is 9.53 Å². The number of methoxy groups -OCH3 is 1. The Hall–Kier alpha value is -0.610. The summed E-state index contributed by atoms with van der Waals surface area (Å²) in [5.41, 5.74) is 5.24. The van der Waals surface area contributed by atoms with Crippen LogP contribution in [0.2, 0.25) is 0 Å². The van der Waals surface area contributed by atoms with Gasteiger partial charge < -0.3 is 15.8 Å². The number of hydrogen-bond donors (Lipinski definition) is 2. The lowest BCUT2D eigenvalue weighted by Crippen LogP contribution is -2.53. The third kappa shape index (κ3) is 3.74. The van der Waals surface area contributed by atoms with Crippen LogP contribution in [0.15, 0.2) is 0 Å². The van der Waals surface area contributed by atoms with Crippen LogP contribution in [-0.4, -0.2) is 31.2 Å². The highest BCUT2D eigenvalue weighted by Crippen LogP contribution is 2.07. The molecule has 0 spiro atoms. The Morgan fingerprint density at radius 3 is 2.54 bits per heavy atom. The van der Waals surface area contributed by atoms with Crippen LogP contribution in [0.4, 0.5) is 0 Å². The van der Waals surface area contributed by atoms with E-state index in [1.54, 1.807) is 6.92 Å². The Balaban J connectivity index is 4.17. The van der Waals surface area contributed by atoms with Crippen molar-refractivity contribution in [1.29, 1.82) is 0 Å². The number of nitrogens with two attached hydrogens (primary N) is 1. The van der Waals surface area contributed by atoms with E-state index in [1.165, 1.54) is 7.11 Å². The first kappa shape index (κ1) is 12.4. The van der Waals surface area contributed by atoms with Gasteiger partial charge in [0.05, 0.1) is 0 Å². The number of nitrogens with one attached hydrogen (secondary N) is 1. The standard InChI is InChI=1S/C9H20N2O2/c1-5-9(3,6-10)11-8(12)7(2)13-4/h7H,5-6,10H2,1-4H3,(H,11,12). The maximum Gasteiger partial charge on any atom is 0.249 e. The molecule has 1 amide bonds. The topological polar surface area (TPSA) is 64.3 Å². The van der Waals surface area contributed by atoms with E-state index < -0.39 is 6.10 Å². The second-order valence-corrected chi connectivity index (χ2v) is 3.49. The first-order valence-corrected chi connectivity index (χ1v) is 4.54. The third-order valence-electron chi connectivity index (χ3n) is 2.38. The second kappa shape index (κ2) is 5.19. The summed E-state index contributed by atoms with van der Waals surface area (Å²) in [4.78, 5) is 11.4. The van der Waals surface area contributed by atoms with E-state index in [1.807, 2.05) is 13.8 Å². The van der Waals surface area contributed by atoms with Crippen molar-refractivity contribution in [1.82, 2.24) is 5.32 Å². The fourth-order valence-corrected chi connectivity index (χ4v) is 0.790. The first-order valence-electron chi connectivity index (χ1n) is 4.54. The Morgan fingerprint density at radius 2 is 2.23 bits per heavy atom. The van der Waals surface area contributed by atoms with Gasteiger partial charge in [-0.2, -0.15) is 0 Å².